The summed E-state index contributed by atoms with van der Waals surface area (Å²) in [5.74, 6) is 1.00. The van der Waals surface area contributed by atoms with Crippen LogP contribution < -0.4 is 4.74 Å². The first-order valence-corrected chi connectivity index (χ1v) is 5.72. The zero-order valence-electron chi connectivity index (χ0n) is 10.6. The normalized spacial score (nSPS) is 9.14. The highest BCUT2D eigenvalue weighted by Crippen LogP contribution is 2.24. The van der Waals surface area contributed by atoms with Crippen molar-refractivity contribution in [2.24, 2.45) is 0 Å². The molecule has 0 radical (unpaired) electrons. The average Bonchev–Trinajstić information content (AvgIpc) is 3.02. The molecule has 3 aromatic heterocycles. The summed E-state index contributed by atoms with van der Waals surface area (Å²) in [6.45, 7) is 0. The maximum absolute atomic E-state index is 8.12. The topological polar surface area (TPSA) is 111 Å². The summed E-state index contributed by atoms with van der Waals surface area (Å²) >= 11 is 0. The molecule has 0 aliphatic heterocycles. The van der Waals surface area contributed by atoms with Crippen LogP contribution in [0.4, 0.5) is 0 Å². The highest BCUT2D eigenvalue weighted by atomic mass is 16.5. The van der Waals surface area contributed by atoms with Gasteiger partial charge in [-0.05, 0) is 12.1 Å². The Hall–Kier alpha value is -3.38. The quantitative estimate of drug-likeness (QED) is 0.774. The number of aromatic amines is 1. The van der Waals surface area contributed by atoms with Crippen LogP contribution in [0.15, 0.2) is 49.2 Å². The SMILES string of the molecule is O=C=O.c1cncc(-c2cncc(Oc3cn[nH]n3)c2)c1. The molecule has 0 unspecified atom stereocenters. The van der Waals surface area contributed by atoms with Crippen LogP contribution in [0.25, 0.3) is 11.1 Å². The van der Waals surface area contributed by atoms with Crippen LogP contribution in [-0.2, 0) is 9.59 Å². The van der Waals surface area contributed by atoms with Gasteiger partial charge in [0.25, 0.3) is 5.88 Å². The van der Waals surface area contributed by atoms with Gasteiger partial charge in [0, 0.05) is 29.7 Å². The molecule has 8 heteroatoms. The molecule has 0 atom stereocenters. The summed E-state index contributed by atoms with van der Waals surface area (Å²) in [4.78, 5) is 24.5. The Labute approximate surface area is 118 Å². The molecule has 104 valence electrons. The Morgan fingerprint density at radius 3 is 2.52 bits per heavy atom. The van der Waals surface area contributed by atoms with Gasteiger partial charge in [-0.25, -0.2) is 0 Å². The van der Waals surface area contributed by atoms with Crippen molar-refractivity contribution in [3.63, 3.8) is 0 Å². The highest BCUT2D eigenvalue weighted by Gasteiger charge is 2.03. The second-order valence-corrected chi connectivity index (χ2v) is 3.64. The number of carbonyl (C=O) groups excluding carboxylic acids is 2. The lowest BCUT2D eigenvalue weighted by molar-refractivity contribution is -0.191. The molecule has 21 heavy (non-hydrogen) atoms. The molecule has 0 fully saturated rings. The predicted molar refractivity (Wildman–Crippen MR) is 68.9 cm³/mol. The minimum Gasteiger partial charge on any atom is -0.435 e. The van der Waals surface area contributed by atoms with Crippen LogP contribution in [0.3, 0.4) is 0 Å². The standard InChI is InChI=1S/C12H9N5O.CO2/c1-2-9(5-13-3-1)10-4-11(7-14-6-10)18-12-8-15-17-16-12;2-1-3/h1-8H,(H,15,16,17);. The van der Waals surface area contributed by atoms with Crippen LogP contribution in [0.5, 0.6) is 11.6 Å². The molecule has 0 aromatic carbocycles. The number of nitrogens with one attached hydrogen (secondary N) is 1. The van der Waals surface area contributed by atoms with Crippen LogP contribution in [0, 0.1) is 0 Å². The van der Waals surface area contributed by atoms with E-state index in [4.69, 9.17) is 14.3 Å². The van der Waals surface area contributed by atoms with E-state index in [-0.39, 0.29) is 6.15 Å². The van der Waals surface area contributed by atoms with Crippen LogP contribution in [0.1, 0.15) is 0 Å². The van der Waals surface area contributed by atoms with E-state index in [0.717, 1.165) is 11.1 Å². The Morgan fingerprint density at radius 2 is 1.86 bits per heavy atom. The van der Waals surface area contributed by atoms with Gasteiger partial charge in [-0.3, -0.25) is 9.97 Å². The summed E-state index contributed by atoms with van der Waals surface area (Å²) in [6.07, 6.45) is 8.63. The van der Waals surface area contributed by atoms with E-state index in [2.05, 4.69) is 25.4 Å². The van der Waals surface area contributed by atoms with E-state index in [9.17, 15) is 0 Å². The van der Waals surface area contributed by atoms with E-state index in [1.807, 2.05) is 18.2 Å². The van der Waals surface area contributed by atoms with E-state index < -0.39 is 0 Å². The monoisotopic (exact) mass is 283 g/mol. The van der Waals surface area contributed by atoms with Gasteiger partial charge in [-0.2, -0.15) is 19.9 Å². The average molecular weight is 283 g/mol. The van der Waals surface area contributed by atoms with E-state index in [0.29, 0.717) is 11.6 Å². The van der Waals surface area contributed by atoms with Gasteiger partial charge in [0.2, 0.25) is 0 Å². The lowest BCUT2D eigenvalue weighted by Crippen LogP contribution is -1.87. The lowest BCUT2D eigenvalue weighted by atomic mass is 10.1. The maximum atomic E-state index is 8.12. The molecule has 8 nitrogen and oxygen atoms in total. The number of aromatic nitrogens is 5. The minimum absolute atomic E-state index is 0.250. The fourth-order valence-electron chi connectivity index (χ4n) is 1.53. The number of pyridine rings is 2. The van der Waals surface area contributed by atoms with Crippen molar-refractivity contribution in [2.45, 2.75) is 0 Å². The van der Waals surface area contributed by atoms with Gasteiger partial charge in [0.1, 0.15) is 11.9 Å². The number of ether oxygens (including phenoxy) is 1. The minimum atomic E-state index is 0.250. The van der Waals surface area contributed by atoms with E-state index in [1.165, 1.54) is 6.20 Å². The Balaban J connectivity index is 0.000000497. The molecule has 0 bridgehead atoms. The molecule has 0 aliphatic carbocycles. The van der Waals surface area contributed by atoms with Crippen molar-refractivity contribution in [1.29, 1.82) is 0 Å². The van der Waals surface area contributed by atoms with E-state index >= 15 is 0 Å². The van der Waals surface area contributed by atoms with Crippen molar-refractivity contribution in [2.75, 3.05) is 0 Å². The number of hydrogen-bond acceptors (Lipinski definition) is 7. The molecule has 3 aromatic rings. The first-order chi connectivity index (χ1) is 10.3. The number of H-pyrrole nitrogens is 1. The molecular weight excluding hydrogens is 274 g/mol. The van der Waals surface area contributed by atoms with Crippen molar-refractivity contribution in [3.05, 3.63) is 49.2 Å². The van der Waals surface area contributed by atoms with Gasteiger partial charge in [-0.1, -0.05) is 6.07 Å². The molecule has 0 saturated carbocycles. The summed E-state index contributed by atoms with van der Waals surface area (Å²) in [6, 6.07) is 5.71. The molecular formula is C13H9N5O3. The van der Waals surface area contributed by atoms with Crippen LogP contribution in [-0.4, -0.2) is 31.5 Å². The molecule has 0 saturated heterocycles. The summed E-state index contributed by atoms with van der Waals surface area (Å²) in [5, 5.41) is 9.96. The third kappa shape index (κ3) is 4.05. The summed E-state index contributed by atoms with van der Waals surface area (Å²) in [7, 11) is 0. The Kier molecular flexibility index (Phi) is 4.86. The van der Waals surface area contributed by atoms with Crippen molar-refractivity contribution >= 4 is 6.15 Å². The highest BCUT2D eigenvalue weighted by molar-refractivity contribution is 5.62. The summed E-state index contributed by atoms with van der Waals surface area (Å²) in [5.41, 5.74) is 1.92. The number of hydrogen-bond donors (Lipinski definition) is 1. The van der Waals surface area contributed by atoms with E-state index in [1.54, 1.807) is 24.8 Å². The molecule has 0 aliphatic rings. The fourth-order valence-corrected chi connectivity index (χ4v) is 1.53. The largest absolute Gasteiger partial charge is 0.435 e. The fraction of sp³-hybridized carbons (Fsp3) is 0. The van der Waals surface area contributed by atoms with Gasteiger partial charge in [-0.15, -0.1) is 5.10 Å². The zero-order chi connectivity index (χ0) is 14.9. The number of rotatable bonds is 3. The molecule has 0 amide bonds. The molecule has 3 heterocycles. The Morgan fingerprint density at radius 1 is 1.05 bits per heavy atom. The van der Waals surface area contributed by atoms with Crippen LogP contribution in [0.2, 0.25) is 0 Å². The van der Waals surface area contributed by atoms with Crippen molar-refractivity contribution < 1.29 is 14.3 Å². The second kappa shape index (κ2) is 7.27. The lowest BCUT2D eigenvalue weighted by Gasteiger charge is -2.04. The molecule has 3 rings (SSSR count). The number of nitrogens with zero attached hydrogens (tertiary/aromatic N) is 4. The second-order valence-electron chi connectivity index (χ2n) is 3.64. The smallest absolute Gasteiger partial charge is 0.373 e. The van der Waals surface area contributed by atoms with Gasteiger partial charge in [0.05, 0.1) is 6.20 Å². The van der Waals surface area contributed by atoms with Crippen LogP contribution >= 0.6 is 0 Å². The zero-order valence-corrected chi connectivity index (χ0v) is 10.6. The third-order valence-corrected chi connectivity index (χ3v) is 2.32. The first kappa shape index (κ1) is 14.0. The van der Waals surface area contributed by atoms with Crippen molar-refractivity contribution in [3.8, 4) is 22.8 Å². The van der Waals surface area contributed by atoms with Gasteiger partial charge >= 0.3 is 6.15 Å². The summed E-state index contributed by atoms with van der Waals surface area (Å²) < 4.78 is 5.49. The third-order valence-electron chi connectivity index (χ3n) is 2.32. The van der Waals surface area contributed by atoms with Gasteiger partial charge in [0.15, 0.2) is 0 Å². The maximum Gasteiger partial charge on any atom is 0.373 e. The molecule has 1 N–H and O–H groups in total. The molecule has 0 spiro atoms. The first-order valence-electron chi connectivity index (χ1n) is 5.72. The predicted octanol–water partition coefficient (Wildman–Crippen LogP) is 1.47. The van der Waals surface area contributed by atoms with Crippen molar-refractivity contribution in [1.82, 2.24) is 25.4 Å². The van der Waals surface area contributed by atoms with Gasteiger partial charge < -0.3 is 4.74 Å². The Bertz CT molecular complexity index is 710.